The number of thioether (sulfide) groups is 1. The lowest BCUT2D eigenvalue weighted by molar-refractivity contribution is -0.142. The molecule has 3 nitrogen and oxygen atoms in total. The maximum atomic E-state index is 11.4. The third-order valence-corrected chi connectivity index (χ3v) is 3.35. The molecule has 0 aliphatic rings. The maximum absolute atomic E-state index is 11.4. The summed E-state index contributed by atoms with van der Waals surface area (Å²) in [6.07, 6.45) is 3.58. The van der Waals surface area contributed by atoms with Crippen molar-refractivity contribution in [3.8, 4) is 0 Å². The first-order valence-corrected chi connectivity index (χ1v) is 7.04. The van der Waals surface area contributed by atoms with Gasteiger partial charge in [-0.15, -0.1) is 0 Å². The average Bonchev–Trinajstić information content (AvgIpc) is 2.33. The van der Waals surface area contributed by atoms with E-state index in [2.05, 4.69) is 4.98 Å². The number of nitrogens with zero attached hydrogens (tertiary/aromatic N) is 1. The van der Waals surface area contributed by atoms with Crippen molar-refractivity contribution in [2.24, 2.45) is 0 Å². The molecule has 17 heavy (non-hydrogen) atoms. The summed E-state index contributed by atoms with van der Waals surface area (Å²) in [5.74, 6) is -0.130. The molecular weight excluding hydrogens is 234 g/mol. The number of aryl methyl sites for hydroxylation is 2. The maximum Gasteiger partial charge on any atom is 0.318 e. The standard InChI is InChI=1S/C13H19NO2S/c1-10-6-4-7-12(14-10)8-5-9-16-13(15)11(2)17-3/h4,6-7,11H,5,8-9H2,1-3H3. The fraction of sp³-hybridized carbons (Fsp3) is 0.538. The molecule has 0 saturated heterocycles. The number of ether oxygens (including phenoxy) is 1. The van der Waals surface area contributed by atoms with E-state index in [1.54, 1.807) is 0 Å². The van der Waals surface area contributed by atoms with Gasteiger partial charge in [-0.3, -0.25) is 9.78 Å². The van der Waals surface area contributed by atoms with Crippen LogP contribution in [0.5, 0.6) is 0 Å². The molecule has 1 unspecified atom stereocenters. The topological polar surface area (TPSA) is 39.2 Å². The quantitative estimate of drug-likeness (QED) is 0.577. The molecule has 1 atom stereocenters. The highest BCUT2D eigenvalue weighted by molar-refractivity contribution is 7.99. The third-order valence-electron chi connectivity index (χ3n) is 2.45. The van der Waals surface area contributed by atoms with E-state index in [0.29, 0.717) is 6.61 Å². The van der Waals surface area contributed by atoms with Gasteiger partial charge in [0.15, 0.2) is 0 Å². The van der Waals surface area contributed by atoms with Crippen LogP contribution >= 0.6 is 11.8 Å². The molecule has 0 spiro atoms. The Morgan fingerprint density at radius 1 is 1.53 bits per heavy atom. The highest BCUT2D eigenvalue weighted by Crippen LogP contribution is 2.07. The summed E-state index contributed by atoms with van der Waals surface area (Å²) in [6, 6.07) is 5.97. The van der Waals surface area contributed by atoms with Gasteiger partial charge in [0, 0.05) is 11.4 Å². The van der Waals surface area contributed by atoms with Gasteiger partial charge in [0.1, 0.15) is 0 Å². The normalized spacial score (nSPS) is 12.2. The number of carbonyl (C=O) groups excluding carboxylic acids is 1. The van der Waals surface area contributed by atoms with E-state index < -0.39 is 0 Å². The summed E-state index contributed by atoms with van der Waals surface area (Å²) < 4.78 is 5.16. The van der Waals surface area contributed by atoms with Gasteiger partial charge in [0.05, 0.1) is 11.9 Å². The Hall–Kier alpha value is -1.03. The molecule has 1 rings (SSSR count). The second-order valence-electron chi connectivity index (χ2n) is 3.92. The summed E-state index contributed by atoms with van der Waals surface area (Å²) >= 11 is 1.50. The van der Waals surface area contributed by atoms with E-state index in [0.717, 1.165) is 24.2 Å². The second-order valence-corrected chi connectivity index (χ2v) is 5.10. The van der Waals surface area contributed by atoms with Gasteiger partial charge >= 0.3 is 5.97 Å². The minimum atomic E-state index is -0.130. The first-order valence-electron chi connectivity index (χ1n) is 5.75. The Balaban J connectivity index is 2.22. The lowest BCUT2D eigenvalue weighted by Crippen LogP contribution is -2.17. The molecule has 1 aromatic rings. The summed E-state index contributed by atoms with van der Waals surface area (Å²) in [6.45, 7) is 4.30. The van der Waals surface area contributed by atoms with Crippen molar-refractivity contribution < 1.29 is 9.53 Å². The highest BCUT2D eigenvalue weighted by atomic mass is 32.2. The van der Waals surface area contributed by atoms with Crippen molar-refractivity contribution in [1.82, 2.24) is 4.98 Å². The van der Waals surface area contributed by atoms with Gasteiger partial charge in [-0.05, 0) is 45.1 Å². The first kappa shape index (κ1) is 14.0. The van der Waals surface area contributed by atoms with Gasteiger partial charge in [-0.25, -0.2) is 0 Å². The zero-order valence-corrected chi connectivity index (χ0v) is 11.4. The summed E-state index contributed by atoms with van der Waals surface area (Å²) in [7, 11) is 0. The Labute approximate surface area is 107 Å². The van der Waals surface area contributed by atoms with E-state index in [-0.39, 0.29) is 11.2 Å². The molecule has 0 aliphatic carbocycles. The van der Waals surface area contributed by atoms with Gasteiger partial charge in [0.2, 0.25) is 0 Å². The fourth-order valence-electron chi connectivity index (χ4n) is 1.38. The van der Waals surface area contributed by atoms with Crippen LogP contribution in [0.2, 0.25) is 0 Å². The van der Waals surface area contributed by atoms with Gasteiger partial charge < -0.3 is 4.74 Å². The van der Waals surface area contributed by atoms with E-state index in [1.165, 1.54) is 11.8 Å². The Bertz CT molecular complexity index is 368. The molecule has 4 heteroatoms. The number of aromatic nitrogens is 1. The van der Waals surface area contributed by atoms with Crippen LogP contribution in [0.1, 0.15) is 24.7 Å². The number of esters is 1. The Kier molecular flexibility index (Phi) is 6.05. The molecule has 0 fully saturated rings. The average molecular weight is 253 g/mol. The lowest BCUT2D eigenvalue weighted by atomic mass is 10.2. The molecule has 0 radical (unpaired) electrons. The molecule has 0 amide bonds. The SMILES string of the molecule is CSC(C)C(=O)OCCCc1cccc(C)n1. The molecule has 1 aromatic heterocycles. The smallest absolute Gasteiger partial charge is 0.318 e. The first-order chi connectivity index (χ1) is 8.13. The molecule has 0 aliphatic heterocycles. The van der Waals surface area contributed by atoms with Crippen LogP contribution in [0.3, 0.4) is 0 Å². The van der Waals surface area contributed by atoms with E-state index >= 15 is 0 Å². The molecule has 94 valence electrons. The largest absolute Gasteiger partial charge is 0.465 e. The minimum absolute atomic E-state index is 0.0768. The molecule has 0 bridgehead atoms. The molecule has 1 heterocycles. The van der Waals surface area contributed by atoms with Crippen LogP contribution in [-0.2, 0) is 16.0 Å². The minimum Gasteiger partial charge on any atom is -0.465 e. The fourth-order valence-corrected chi connectivity index (χ4v) is 1.64. The molecular formula is C13H19NO2S. The highest BCUT2D eigenvalue weighted by Gasteiger charge is 2.11. The number of hydrogen-bond acceptors (Lipinski definition) is 4. The monoisotopic (exact) mass is 253 g/mol. The van der Waals surface area contributed by atoms with Crippen molar-refractivity contribution in [3.63, 3.8) is 0 Å². The third kappa shape index (κ3) is 5.22. The summed E-state index contributed by atoms with van der Waals surface area (Å²) in [5, 5.41) is -0.0768. The van der Waals surface area contributed by atoms with Crippen LogP contribution in [0.25, 0.3) is 0 Å². The predicted octanol–water partition coefficient (Wildman–Crippen LogP) is 2.62. The van der Waals surface area contributed by atoms with Crippen LogP contribution in [0.15, 0.2) is 18.2 Å². The van der Waals surface area contributed by atoms with E-state index in [4.69, 9.17) is 4.74 Å². The lowest BCUT2D eigenvalue weighted by Gasteiger charge is -2.08. The number of hydrogen-bond donors (Lipinski definition) is 0. The molecule has 0 saturated carbocycles. The van der Waals surface area contributed by atoms with Gasteiger partial charge in [-0.2, -0.15) is 11.8 Å². The zero-order valence-electron chi connectivity index (χ0n) is 10.6. The number of rotatable bonds is 6. The van der Waals surface area contributed by atoms with Crippen molar-refractivity contribution >= 4 is 17.7 Å². The Morgan fingerprint density at radius 3 is 2.94 bits per heavy atom. The van der Waals surface area contributed by atoms with Crippen molar-refractivity contribution in [1.29, 1.82) is 0 Å². The zero-order chi connectivity index (χ0) is 12.7. The summed E-state index contributed by atoms with van der Waals surface area (Å²) in [5.41, 5.74) is 2.08. The van der Waals surface area contributed by atoms with Crippen LogP contribution in [0.4, 0.5) is 0 Å². The van der Waals surface area contributed by atoms with Gasteiger partial charge in [-0.1, -0.05) is 6.07 Å². The van der Waals surface area contributed by atoms with Gasteiger partial charge in [0.25, 0.3) is 0 Å². The summed E-state index contributed by atoms with van der Waals surface area (Å²) in [4.78, 5) is 15.8. The van der Waals surface area contributed by atoms with Crippen molar-refractivity contribution in [3.05, 3.63) is 29.6 Å². The van der Waals surface area contributed by atoms with Crippen molar-refractivity contribution in [2.75, 3.05) is 12.9 Å². The predicted molar refractivity (Wildman–Crippen MR) is 71.2 cm³/mol. The number of pyridine rings is 1. The van der Waals surface area contributed by atoms with E-state index in [9.17, 15) is 4.79 Å². The van der Waals surface area contributed by atoms with Crippen LogP contribution in [-0.4, -0.2) is 29.1 Å². The molecule has 0 N–H and O–H groups in total. The van der Waals surface area contributed by atoms with Crippen molar-refractivity contribution in [2.45, 2.75) is 31.9 Å². The number of carbonyl (C=O) groups is 1. The second kappa shape index (κ2) is 7.33. The van der Waals surface area contributed by atoms with E-state index in [1.807, 2.05) is 38.3 Å². The Morgan fingerprint density at radius 2 is 2.29 bits per heavy atom. The van der Waals surface area contributed by atoms with Crippen LogP contribution in [0, 0.1) is 6.92 Å². The van der Waals surface area contributed by atoms with Crippen LogP contribution < -0.4 is 0 Å². The molecule has 0 aromatic carbocycles.